The fourth-order valence-corrected chi connectivity index (χ4v) is 3.63. The zero-order valence-corrected chi connectivity index (χ0v) is 16.4. The van der Waals surface area contributed by atoms with Gasteiger partial charge in [0.25, 0.3) is 5.91 Å². The van der Waals surface area contributed by atoms with Crippen LogP contribution in [-0.4, -0.2) is 45.7 Å². The minimum absolute atomic E-state index is 0.0529. The van der Waals surface area contributed by atoms with Gasteiger partial charge in [0.05, 0.1) is 25.9 Å². The Morgan fingerprint density at radius 2 is 1.87 bits per heavy atom. The van der Waals surface area contributed by atoms with Crippen molar-refractivity contribution in [3.8, 4) is 5.75 Å². The van der Waals surface area contributed by atoms with E-state index in [9.17, 15) is 19.5 Å². The van der Waals surface area contributed by atoms with E-state index in [1.165, 1.54) is 22.9 Å². The summed E-state index contributed by atoms with van der Waals surface area (Å²) in [6.07, 6.45) is 1.20. The van der Waals surface area contributed by atoms with Crippen molar-refractivity contribution in [2.24, 2.45) is 0 Å². The van der Waals surface area contributed by atoms with Gasteiger partial charge in [-0.25, -0.2) is 4.79 Å². The number of rotatable bonds is 5. The average molecular weight is 405 g/mol. The molecule has 1 amide bonds. The molecule has 0 spiro atoms. The summed E-state index contributed by atoms with van der Waals surface area (Å²) in [6, 6.07) is 13.3. The highest BCUT2D eigenvalue weighted by atomic mass is 16.5. The SMILES string of the molecule is COc1cccc(C(=O)c2ccc(N3C(=O)c4c(C(=O)O)cnn4CC3C)cc2)c1. The van der Waals surface area contributed by atoms with E-state index in [2.05, 4.69) is 5.10 Å². The molecule has 1 aliphatic rings. The van der Waals surface area contributed by atoms with E-state index >= 15 is 0 Å². The Morgan fingerprint density at radius 1 is 1.13 bits per heavy atom. The molecule has 30 heavy (non-hydrogen) atoms. The van der Waals surface area contributed by atoms with Gasteiger partial charge < -0.3 is 14.7 Å². The van der Waals surface area contributed by atoms with Gasteiger partial charge in [0, 0.05) is 16.8 Å². The van der Waals surface area contributed by atoms with Gasteiger partial charge in [-0.15, -0.1) is 0 Å². The molecule has 1 N–H and O–H groups in total. The molecule has 152 valence electrons. The maximum atomic E-state index is 13.0. The second-order valence-electron chi connectivity index (χ2n) is 7.03. The average Bonchev–Trinajstić information content (AvgIpc) is 3.18. The van der Waals surface area contributed by atoms with Crippen LogP contribution in [0.4, 0.5) is 5.69 Å². The third-order valence-electron chi connectivity index (χ3n) is 5.11. The van der Waals surface area contributed by atoms with Gasteiger partial charge in [-0.1, -0.05) is 12.1 Å². The van der Waals surface area contributed by atoms with Crippen LogP contribution in [0, 0.1) is 0 Å². The van der Waals surface area contributed by atoms with Crippen LogP contribution in [0.1, 0.15) is 43.7 Å². The van der Waals surface area contributed by atoms with Crippen molar-refractivity contribution in [2.45, 2.75) is 19.5 Å². The van der Waals surface area contributed by atoms with E-state index in [0.717, 1.165) is 0 Å². The number of anilines is 1. The molecule has 1 atom stereocenters. The minimum Gasteiger partial charge on any atom is -0.497 e. The number of ketones is 1. The van der Waals surface area contributed by atoms with Crippen LogP contribution in [-0.2, 0) is 6.54 Å². The lowest BCUT2D eigenvalue weighted by molar-refractivity contribution is 0.0689. The van der Waals surface area contributed by atoms with E-state index in [1.54, 1.807) is 48.5 Å². The molecule has 8 nitrogen and oxygen atoms in total. The van der Waals surface area contributed by atoms with Crippen LogP contribution >= 0.6 is 0 Å². The van der Waals surface area contributed by atoms with Gasteiger partial charge in [0.15, 0.2) is 5.78 Å². The van der Waals surface area contributed by atoms with Crippen LogP contribution in [0.25, 0.3) is 0 Å². The van der Waals surface area contributed by atoms with E-state index < -0.39 is 11.9 Å². The first-order valence-electron chi connectivity index (χ1n) is 9.32. The highest BCUT2D eigenvalue weighted by Gasteiger charge is 2.35. The number of methoxy groups -OCH3 is 1. The number of aromatic carboxylic acids is 1. The van der Waals surface area contributed by atoms with E-state index in [1.807, 2.05) is 6.92 Å². The highest BCUT2D eigenvalue weighted by molar-refractivity contribution is 6.12. The van der Waals surface area contributed by atoms with Gasteiger partial charge in [0.2, 0.25) is 0 Å². The van der Waals surface area contributed by atoms with Gasteiger partial charge in [-0.2, -0.15) is 5.10 Å². The van der Waals surface area contributed by atoms with Crippen molar-refractivity contribution < 1.29 is 24.2 Å². The Bertz CT molecular complexity index is 1150. The maximum Gasteiger partial charge on any atom is 0.339 e. The van der Waals surface area contributed by atoms with E-state index in [4.69, 9.17) is 4.74 Å². The fourth-order valence-electron chi connectivity index (χ4n) is 3.63. The van der Waals surface area contributed by atoms with Crippen molar-refractivity contribution >= 4 is 23.3 Å². The van der Waals surface area contributed by atoms with Crippen LogP contribution in [0.15, 0.2) is 54.7 Å². The maximum absolute atomic E-state index is 13.0. The number of carbonyl (C=O) groups excluding carboxylic acids is 2. The number of carboxylic acid groups (broad SMARTS) is 1. The van der Waals surface area contributed by atoms with Gasteiger partial charge in [0.1, 0.15) is 17.0 Å². The zero-order valence-electron chi connectivity index (χ0n) is 16.4. The molecular formula is C22H19N3O5. The summed E-state index contributed by atoms with van der Waals surface area (Å²) in [4.78, 5) is 38.8. The Balaban J connectivity index is 1.63. The molecule has 0 saturated heterocycles. The number of amides is 1. The number of hydrogen-bond donors (Lipinski definition) is 1. The smallest absolute Gasteiger partial charge is 0.339 e. The number of fused-ring (bicyclic) bond motifs is 1. The number of benzene rings is 2. The molecular weight excluding hydrogens is 386 g/mol. The quantitative estimate of drug-likeness (QED) is 0.655. The molecule has 0 radical (unpaired) electrons. The summed E-state index contributed by atoms with van der Waals surface area (Å²) >= 11 is 0. The molecule has 0 aliphatic carbocycles. The van der Waals surface area contributed by atoms with Crippen LogP contribution < -0.4 is 9.64 Å². The second kappa shape index (κ2) is 7.47. The molecule has 1 aromatic heterocycles. The normalized spacial score (nSPS) is 15.6. The topological polar surface area (TPSA) is 102 Å². The highest BCUT2D eigenvalue weighted by Crippen LogP contribution is 2.27. The number of ether oxygens (including phenoxy) is 1. The molecule has 0 fully saturated rings. The molecule has 0 saturated carbocycles. The van der Waals surface area contributed by atoms with Gasteiger partial charge in [-0.05, 0) is 43.3 Å². The summed E-state index contributed by atoms with van der Waals surface area (Å²) in [5.41, 5.74) is 1.48. The minimum atomic E-state index is -1.20. The summed E-state index contributed by atoms with van der Waals surface area (Å²) in [6.45, 7) is 2.23. The van der Waals surface area contributed by atoms with Crippen LogP contribution in [0.3, 0.4) is 0 Å². The van der Waals surface area contributed by atoms with E-state index in [-0.39, 0.29) is 23.1 Å². The number of hydrogen-bond acceptors (Lipinski definition) is 5. The number of nitrogens with zero attached hydrogens (tertiary/aromatic N) is 3. The zero-order chi connectivity index (χ0) is 21.4. The number of carboxylic acids is 1. The lowest BCUT2D eigenvalue weighted by Gasteiger charge is -2.34. The predicted octanol–water partition coefficient (Wildman–Crippen LogP) is 2.87. The molecule has 4 rings (SSSR count). The molecule has 2 heterocycles. The summed E-state index contributed by atoms with van der Waals surface area (Å²) < 4.78 is 6.59. The Labute approximate surface area is 172 Å². The van der Waals surface area contributed by atoms with Crippen molar-refractivity contribution in [3.63, 3.8) is 0 Å². The molecule has 0 bridgehead atoms. The molecule has 8 heteroatoms. The van der Waals surface area contributed by atoms with Crippen LogP contribution in [0.2, 0.25) is 0 Å². The Kier molecular flexibility index (Phi) is 4.83. The fraction of sp³-hybridized carbons (Fsp3) is 0.182. The third-order valence-corrected chi connectivity index (χ3v) is 5.11. The summed E-state index contributed by atoms with van der Waals surface area (Å²) in [5, 5.41) is 13.4. The third kappa shape index (κ3) is 3.22. The molecule has 1 unspecified atom stereocenters. The first-order chi connectivity index (χ1) is 14.4. The summed E-state index contributed by atoms with van der Waals surface area (Å²) in [5.74, 6) is -1.20. The van der Waals surface area contributed by atoms with Crippen molar-refractivity contribution in [3.05, 3.63) is 77.1 Å². The Morgan fingerprint density at radius 3 is 2.53 bits per heavy atom. The predicted molar refractivity (Wildman–Crippen MR) is 108 cm³/mol. The molecule has 3 aromatic rings. The van der Waals surface area contributed by atoms with E-state index in [0.29, 0.717) is 29.1 Å². The van der Waals surface area contributed by atoms with Crippen LogP contribution in [0.5, 0.6) is 5.75 Å². The van der Waals surface area contributed by atoms with Gasteiger partial charge in [-0.3, -0.25) is 14.3 Å². The number of carbonyl (C=O) groups is 3. The van der Waals surface area contributed by atoms with Crippen molar-refractivity contribution in [1.82, 2.24) is 9.78 Å². The second-order valence-corrected chi connectivity index (χ2v) is 7.03. The number of aromatic nitrogens is 2. The lowest BCUT2D eigenvalue weighted by Crippen LogP contribution is -2.47. The van der Waals surface area contributed by atoms with Crippen molar-refractivity contribution in [1.29, 1.82) is 0 Å². The first kappa shape index (κ1) is 19.4. The summed E-state index contributed by atoms with van der Waals surface area (Å²) in [7, 11) is 1.54. The van der Waals surface area contributed by atoms with Crippen molar-refractivity contribution in [2.75, 3.05) is 12.0 Å². The standard InChI is InChI=1S/C22H19N3O5/c1-13-12-24-19(18(11-23-24)22(28)29)21(27)25(13)16-8-6-14(7-9-16)20(26)15-4-3-5-17(10-15)30-2/h3-11,13H,12H2,1-2H3,(H,28,29). The Hall–Kier alpha value is -3.94. The monoisotopic (exact) mass is 405 g/mol. The largest absolute Gasteiger partial charge is 0.497 e. The first-order valence-corrected chi connectivity index (χ1v) is 9.32. The lowest BCUT2D eigenvalue weighted by atomic mass is 10.0. The molecule has 2 aromatic carbocycles. The molecule has 1 aliphatic heterocycles. The van der Waals surface area contributed by atoms with Gasteiger partial charge >= 0.3 is 5.97 Å².